The molecule has 1 heterocycles. The normalized spacial score (nSPS) is 14.9. The van der Waals surface area contributed by atoms with Crippen LogP contribution in [0.1, 0.15) is 33.4 Å². The zero-order valence-electron chi connectivity index (χ0n) is 11.3. The summed E-state index contributed by atoms with van der Waals surface area (Å²) in [5.74, 6) is 0.852. The number of alkyl halides is 1. The fourth-order valence-electron chi connectivity index (χ4n) is 3.28. The van der Waals surface area contributed by atoms with Gasteiger partial charge in [-0.1, -0.05) is 30.3 Å². The molecule has 4 rings (SSSR count). The molecule has 0 saturated carbocycles. The monoisotopic (exact) mass is 282 g/mol. The van der Waals surface area contributed by atoms with Crippen LogP contribution in [0.2, 0.25) is 0 Å². The van der Waals surface area contributed by atoms with Crippen LogP contribution in [0.5, 0.6) is 0 Å². The highest BCUT2D eigenvalue weighted by molar-refractivity contribution is 6.23. The van der Waals surface area contributed by atoms with E-state index in [1.165, 1.54) is 21.9 Å². The minimum Gasteiger partial charge on any atom is -0.467 e. The van der Waals surface area contributed by atoms with Gasteiger partial charge in [-0.05, 0) is 58.9 Å². The van der Waals surface area contributed by atoms with Crippen molar-refractivity contribution < 1.29 is 4.42 Å². The van der Waals surface area contributed by atoms with Gasteiger partial charge in [0.05, 0.1) is 6.26 Å². The van der Waals surface area contributed by atoms with Crippen molar-refractivity contribution in [2.75, 3.05) is 0 Å². The Labute approximate surface area is 123 Å². The predicted molar refractivity (Wildman–Crippen MR) is 82.5 cm³/mol. The molecule has 0 saturated heterocycles. The molecule has 1 aliphatic rings. The molecule has 0 spiro atoms. The van der Waals surface area contributed by atoms with Crippen LogP contribution in [0, 0.1) is 6.92 Å². The summed E-state index contributed by atoms with van der Waals surface area (Å²) in [5.41, 5.74) is 5.14. The molecule has 0 N–H and O–H groups in total. The van der Waals surface area contributed by atoms with E-state index in [9.17, 15) is 0 Å². The molecule has 1 aliphatic carbocycles. The van der Waals surface area contributed by atoms with E-state index in [2.05, 4.69) is 30.3 Å². The van der Waals surface area contributed by atoms with Crippen molar-refractivity contribution in [1.29, 1.82) is 0 Å². The maximum atomic E-state index is 6.69. The lowest BCUT2D eigenvalue weighted by molar-refractivity contribution is 0.514. The fraction of sp³-hybridized carbons (Fsp3) is 0.222. The molecule has 1 unspecified atom stereocenters. The highest BCUT2D eigenvalue weighted by Crippen LogP contribution is 2.39. The first-order valence-electron chi connectivity index (χ1n) is 6.97. The summed E-state index contributed by atoms with van der Waals surface area (Å²) in [7, 11) is 0. The first-order chi connectivity index (χ1) is 9.75. The third-order valence-corrected chi connectivity index (χ3v) is 4.75. The maximum absolute atomic E-state index is 6.69. The van der Waals surface area contributed by atoms with Crippen molar-refractivity contribution in [2.45, 2.75) is 25.1 Å². The van der Waals surface area contributed by atoms with E-state index in [-0.39, 0.29) is 5.38 Å². The summed E-state index contributed by atoms with van der Waals surface area (Å²) >= 11 is 6.69. The standard InChI is InChI=1S/C18H15ClO/c1-11-9-10-20-18(11)17(19)15-8-7-13-6-5-12-3-2-4-14(15)16(12)13/h2-4,7-10,17H,5-6H2,1H3. The van der Waals surface area contributed by atoms with E-state index in [1.807, 2.05) is 13.0 Å². The molecular weight excluding hydrogens is 268 g/mol. The molecule has 1 aromatic heterocycles. The van der Waals surface area contributed by atoms with Crippen LogP contribution in [-0.2, 0) is 12.8 Å². The van der Waals surface area contributed by atoms with E-state index in [0.29, 0.717) is 0 Å². The highest BCUT2D eigenvalue weighted by atomic mass is 35.5. The molecule has 3 aromatic rings. The van der Waals surface area contributed by atoms with E-state index < -0.39 is 0 Å². The van der Waals surface area contributed by atoms with Crippen molar-refractivity contribution in [3.63, 3.8) is 0 Å². The van der Waals surface area contributed by atoms with Gasteiger partial charge in [0.25, 0.3) is 0 Å². The van der Waals surface area contributed by atoms with Gasteiger partial charge in [-0.15, -0.1) is 11.6 Å². The van der Waals surface area contributed by atoms with Crippen molar-refractivity contribution >= 4 is 22.4 Å². The Morgan fingerprint density at radius 3 is 2.60 bits per heavy atom. The molecule has 100 valence electrons. The first kappa shape index (κ1) is 12.0. The topological polar surface area (TPSA) is 13.1 Å². The van der Waals surface area contributed by atoms with E-state index in [4.69, 9.17) is 16.0 Å². The number of rotatable bonds is 2. The predicted octanol–water partition coefficient (Wildman–Crippen LogP) is 5.17. The summed E-state index contributed by atoms with van der Waals surface area (Å²) in [6, 6.07) is 12.9. The summed E-state index contributed by atoms with van der Waals surface area (Å²) < 4.78 is 5.57. The first-order valence-corrected chi connectivity index (χ1v) is 7.41. The lowest BCUT2D eigenvalue weighted by atomic mass is 9.96. The van der Waals surface area contributed by atoms with Crippen molar-refractivity contribution in [2.24, 2.45) is 0 Å². The molecule has 0 radical (unpaired) electrons. The number of hydrogen-bond donors (Lipinski definition) is 0. The Hall–Kier alpha value is -1.73. The smallest absolute Gasteiger partial charge is 0.129 e. The molecule has 20 heavy (non-hydrogen) atoms. The Kier molecular flexibility index (Phi) is 2.64. The molecule has 0 fully saturated rings. The third-order valence-electron chi connectivity index (χ3n) is 4.32. The lowest BCUT2D eigenvalue weighted by Gasteiger charge is -2.13. The van der Waals surface area contributed by atoms with Crippen LogP contribution in [0.3, 0.4) is 0 Å². The largest absolute Gasteiger partial charge is 0.467 e. The Bertz CT molecular complexity index is 790. The molecule has 2 aromatic carbocycles. The van der Waals surface area contributed by atoms with Gasteiger partial charge in [-0.2, -0.15) is 0 Å². The number of aryl methyl sites for hydroxylation is 3. The van der Waals surface area contributed by atoms with E-state index in [0.717, 1.165) is 29.7 Å². The van der Waals surface area contributed by atoms with Crippen LogP contribution < -0.4 is 0 Å². The second-order valence-corrected chi connectivity index (χ2v) is 5.92. The van der Waals surface area contributed by atoms with Gasteiger partial charge in [0.15, 0.2) is 0 Å². The molecular formula is C18H15ClO. The highest BCUT2D eigenvalue weighted by Gasteiger charge is 2.22. The summed E-state index contributed by atoms with van der Waals surface area (Å²) in [4.78, 5) is 0. The summed E-state index contributed by atoms with van der Waals surface area (Å²) in [6.45, 7) is 2.04. The Balaban J connectivity index is 1.96. The Morgan fingerprint density at radius 2 is 1.85 bits per heavy atom. The fourth-order valence-corrected chi connectivity index (χ4v) is 3.69. The van der Waals surface area contributed by atoms with Gasteiger partial charge in [0.1, 0.15) is 11.1 Å². The SMILES string of the molecule is Cc1ccoc1C(Cl)c1ccc2c3c(cccc13)CC2. The molecule has 1 nitrogen and oxygen atoms in total. The molecule has 1 atom stereocenters. The molecule has 0 bridgehead atoms. The number of benzene rings is 2. The Morgan fingerprint density at radius 1 is 1.05 bits per heavy atom. The number of furan rings is 1. The zero-order chi connectivity index (χ0) is 13.7. The molecule has 0 aliphatic heterocycles. The van der Waals surface area contributed by atoms with Crippen molar-refractivity contribution in [3.8, 4) is 0 Å². The van der Waals surface area contributed by atoms with Gasteiger partial charge >= 0.3 is 0 Å². The molecule has 0 amide bonds. The molecule has 2 heteroatoms. The van der Waals surface area contributed by atoms with Gasteiger partial charge in [0, 0.05) is 0 Å². The third kappa shape index (κ3) is 1.63. The minimum absolute atomic E-state index is 0.227. The van der Waals surface area contributed by atoms with Gasteiger partial charge in [-0.25, -0.2) is 0 Å². The second-order valence-electron chi connectivity index (χ2n) is 5.48. The van der Waals surface area contributed by atoms with Crippen LogP contribution in [0.15, 0.2) is 47.1 Å². The van der Waals surface area contributed by atoms with Gasteiger partial charge in [0.2, 0.25) is 0 Å². The average molecular weight is 283 g/mol. The van der Waals surface area contributed by atoms with Gasteiger partial charge < -0.3 is 4.42 Å². The zero-order valence-corrected chi connectivity index (χ0v) is 12.1. The van der Waals surface area contributed by atoms with Crippen LogP contribution in [-0.4, -0.2) is 0 Å². The van der Waals surface area contributed by atoms with Crippen molar-refractivity contribution in [3.05, 3.63) is 70.7 Å². The van der Waals surface area contributed by atoms with E-state index >= 15 is 0 Å². The van der Waals surface area contributed by atoms with Crippen LogP contribution in [0.25, 0.3) is 10.8 Å². The average Bonchev–Trinajstić information content (AvgIpc) is 3.07. The minimum atomic E-state index is -0.227. The summed E-state index contributed by atoms with van der Waals surface area (Å²) in [6.07, 6.45) is 3.99. The second kappa shape index (κ2) is 4.39. The summed E-state index contributed by atoms with van der Waals surface area (Å²) in [5, 5.41) is 2.45. The van der Waals surface area contributed by atoms with Gasteiger partial charge in [-0.3, -0.25) is 0 Å². The number of halogens is 1. The lowest BCUT2D eigenvalue weighted by Crippen LogP contribution is -1.96. The van der Waals surface area contributed by atoms with Crippen molar-refractivity contribution in [1.82, 2.24) is 0 Å². The van der Waals surface area contributed by atoms with Crippen LogP contribution in [0.4, 0.5) is 0 Å². The van der Waals surface area contributed by atoms with Crippen LogP contribution >= 0.6 is 11.6 Å². The number of hydrogen-bond acceptors (Lipinski definition) is 1. The maximum Gasteiger partial charge on any atom is 0.129 e. The quantitative estimate of drug-likeness (QED) is 0.591. The van der Waals surface area contributed by atoms with E-state index in [1.54, 1.807) is 6.26 Å².